The van der Waals surface area contributed by atoms with E-state index in [2.05, 4.69) is 34.8 Å². The van der Waals surface area contributed by atoms with Crippen molar-refractivity contribution in [3.63, 3.8) is 0 Å². The second kappa shape index (κ2) is 8.15. The van der Waals surface area contributed by atoms with Crippen LogP contribution in [0.15, 0.2) is 24.8 Å². The lowest BCUT2D eigenvalue weighted by atomic mass is 10.0. The molecule has 1 aliphatic heterocycles. The van der Waals surface area contributed by atoms with Crippen LogP contribution in [-0.2, 0) is 17.5 Å². The third kappa shape index (κ3) is 4.06. The zero-order valence-corrected chi connectivity index (χ0v) is 17.5. The van der Waals surface area contributed by atoms with Gasteiger partial charge in [0.1, 0.15) is 30.0 Å². The van der Waals surface area contributed by atoms with Crippen molar-refractivity contribution in [1.82, 2.24) is 29.5 Å². The van der Waals surface area contributed by atoms with Crippen LogP contribution in [0, 0.1) is 0 Å². The number of fused-ring (bicyclic) bond motifs is 1. The Bertz CT molecular complexity index is 1090. The third-order valence-electron chi connectivity index (χ3n) is 5.91. The molecule has 2 aliphatic rings. The van der Waals surface area contributed by atoms with E-state index in [4.69, 9.17) is 4.74 Å². The second-order valence-corrected chi connectivity index (χ2v) is 8.13. The van der Waals surface area contributed by atoms with Crippen LogP contribution in [-0.4, -0.2) is 61.8 Å². The Hall–Kier alpha value is -3.02. The van der Waals surface area contributed by atoms with Gasteiger partial charge in [-0.25, -0.2) is 15.0 Å². The number of hydrogen-bond donors (Lipinski definition) is 0. The van der Waals surface area contributed by atoms with Gasteiger partial charge in [-0.1, -0.05) is 0 Å². The van der Waals surface area contributed by atoms with Crippen LogP contribution in [0.4, 0.5) is 24.8 Å². The van der Waals surface area contributed by atoms with E-state index in [-0.39, 0.29) is 12.1 Å². The number of rotatable bonds is 6. The maximum Gasteiger partial charge on any atom is 0.433 e. The number of ether oxygens (including phenoxy) is 1. The second-order valence-electron chi connectivity index (χ2n) is 8.13. The highest BCUT2D eigenvalue weighted by atomic mass is 19.4. The van der Waals surface area contributed by atoms with Crippen LogP contribution in [0.2, 0.25) is 0 Å². The molecule has 2 fully saturated rings. The zero-order chi connectivity index (χ0) is 22.3. The Balaban J connectivity index is 1.36. The van der Waals surface area contributed by atoms with Crippen molar-refractivity contribution in [3.05, 3.63) is 36.2 Å². The Labute approximate surface area is 182 Å². The van der Waals surface area contributed by atoms with Crippen molar-refractivity contribution in [2.75, 3.05) is 30.0 Å². The van der Waals surface area contributed by atoms with E-state index in [1.165, 1.54) is 6.33 Å². The molecule has 0 atom stereocenters. The van der Waals surface area contributed by atoms with Crippen LogP contribution in [0.25, 0.3) is 5.78 Å². The molecule has 0 aromatic carbocycles. The number of nitrogens with zero attached hydrogens (tertiary/aromatic N) is 8. The predicted octanol–water partition coefficient (Wildman–Crippen LogP) is 2.72. The average molecular weight is 448 g/mol. The molecule has 9 nitrogen and oxygen atoms in total. The Morgan fingerprint density at radius 3 is 2.47 bits per heavy atom. The molecule has 12 heteroatoms. The van der Waals surface area contributed by atoms with Gasteiger partial charge in [0.05, 0.1) is 12.3 Å². The summed E-state index contributed by atoms with van der Waals surface area (Å²) in [5.41, 5.74) is -0.132. The smallest absolute Gasteiger partial charge is 0.378 e. The normalized spacial score (nSPS) is 17.8. The molecule has 1 saturated carbocycles. The molecule has 0 radical (unpaired) electrons. The van der Waals surface area contributed by atoms with Crippen LogP contribution < -0.4 is 9.80 Å². The van der Waals surface area contributed by atoms with Crippen molar-refractivity contribution in [1.29, 1.82) is 0 Å². The van der Waals surface area contributed by atoms with Gasteiger partial charge in [-0.05, 0) is 25.7 Å². The zero-order valence-electron chi connectivity index (χ0n) is 17.5. The SMILES string of the molecule is COCc1cc(N2CCC(N(c3cc(C(F)(F)F)ncn3)C3CC3)CC2)n2ncnc2n1. The van der Waals surface area contributed by atoms with Gasteiger partial charge in [0, 0.05) is 44.4 Å². The van der Waals surface area contributed by atoms with Crippen LogP contribution in [0.5, 0.6) is 0 Å². The first-order chi connectivity index (χ1) is 15.4. The minimum Gasteiger partial charge on any atom is -0.378 e. The number of halogens is 3. The van der Waals surface area contributed by atoms with E-state index in [9.17, 15) is 13.2 Å². The summed E-state index contributed by atoms with van der Waals surface area (Å²) in [5.74, 6) is 1.76. The fourth-order valence-electron chi connectivity index (χ4n) is 4.33. The van der Waals surface area contributed by atoms with Crippen LogP contribution >= 0.6 is 0 Å². The molecule has 0 spiro atoms. The van der Waals surface area contributed by atoms with E-state index in [0.29, 0.717) is 18.2 Å². The Morgan fingerprint density at radius 2 is 1.78 bits per heavy atom. The standard InChI is InChI=1S/C20H23F3N8O/c1-32-10-13-8-18(31-19(28-13)26-12-27-31)29-6-4-15(5-7-29)30(14-2-3-14)17-9-16(20(21,22)23)24-11-25-17/h8-9,11-12,14-15H,2-7,10H2,1H3. The van der Waals surface area contributed by atoms with Gasteiger partial charge in [-0.2, -0.15) is 27.8 Å². The van der Waals surface area contributed by atoms with Crippen LogP contribution in [0.3, 0.4) is 0 Å². The van der Waals surface area contributed by atoms with Gasteiger partial charge in [-0.3, -0.25) is 0 Å². The highest BCUT2D eigenvalue weighted by Gasteiger charge is 2.39. The number of aromatic nitrogens is 6. The summed E-state index contributed by atoms with van der Waals surface area (Å²) >= 11 is 0. The highest BCUT2D eigenvalue weighted by molar-refractivity contribution is 5.49. The van der Waals surface area contributed by atoms with Crippen molar-refractivity contribution in [3.8, 4) is 0 Å². The Kier molecular flexibility index (Phi) is 5.31. The first kappa shape index (κ1) is 20.9. The van der Waals surface area contributed by atoms with Gasteiger partial charge >= 0.3 is 6.18 Å². The Morgan fingerprint density at radius 1 is 1.03 bits per heavy atom. The minimum atomic E-state index is -4.49. The molecule has 3 aromatic rings. The van der Waals surface area contributed by atoms with E-state index in [1.807, 2.05) is 6.07 Å². The van der Waals surface area contributed by atoms with E-state index in [1.54, 1.807) is 11.6 Å². The highest BCUT2D eigenvalue weighted by Crippen LogP contribution is 2.37. The molecule has 1 aliphatic carbocycles. The maximum atomic E-state index is 13.2. The molecule has 4 heterocycles. The number of piperidine rings is 1. The topological polar surface area (TPSA) is 84.6 Å². The quantitative estimate of drug-likeness (QED) is 0.569. The van der Waals surface area contributed by atoms with Gasteiger partial charge in [0.25, 0.3) is 5.78 Å². The molecule has 170 valence electrons. The molecule has 32 heavy (non-hydrogen) atoms. The number of anilines is 2. The van der Waals surface area contributed by atoms with Crippen LogP contribution in [0.1, 0.15) is 37.1 Å². The summed E-state index contributed by atoms with van der Waals surface area (Å²) < 4.78 is 46.5. The summed E-state index contributed by atoms with van der Waals surface area (Å²) in [5, 5.41) is 4.29. The molecule has 3 aromatic heterocycles. The number of alkyl halides is 3. The molecular weight excluding hydrogens is 425 g/mol. The van der Waals surface area contributed by atoms with Gasteiger partial charge in [0.15, 0.2) is 0 Å². The maximum absolute atomic E-state index is 13.2. The van der Waals surface area contributed by atoms with Gasteiger partial charge in [0.2, 0.25) is 0 Å². The van der Waals surface area contributed by atoms with Crippen molar-refractivity contribution < 1.29 is 17.9 Å². The minimum absolute atomic E-state index is 0.112. The fraction of sp³-hybridized carbons (Fsp3) is 0.550. The summed E-state index contributed by atoms with van der Waals surface area (Å²) in [6, 6.07) is 3.37. The summed E-state index contributed by atoms with van der Waals surface area (Å²) in [4.78, 5) is 20.5. The molecular formula is C20H23F3N8O. The molecule has 0 N–H and O–H groups in total. The monoisotopic (exact) mass is 448 g/mol. The first-order valence-corrected chi connectivity index (χ1v) is 10.5. The molecule has 5 rings (SSSR count). The van der Waals surface area contributed by atoms with E-state index >= 15 is 0 Å². The van der Waals surface area contributed by atoms with Crippen molar-refractivity contribution in [2.45, 2.75) is 50.6 Å². The summed E-state index contributed by atoms with van der Waals surface area (Å²) in [6.45, 7) is 1.84. The first-order valence-electron chi connectivity index (χ1n) is 10.5. The lowest BCUT2D eigenvalue weighted by Crippen LogP contribution is -2.47. The van der Waals surface area contributed by atoms with Gasteiger partial charge in [-0.15, -0.1) is 0 Å². The molecule has 1 saturated heterocycles. The molecule has 0 bridgehead atoms. The third-order valence-corrected chi connectivity index (χ3v) is 5.91. The molecule has 0 unspecified atom stereocenters. The van der Waals surface area contributed by atoms with Crippen molar-refractivity contribution in [2.24, 2.45) is 0 Å². The van der Waals surface area contributed by atoms with Gasteiger partial charge < -0.3 is 14.5 Å². The lowest BCUT2D eigenvalue weighted by Gasteiger charge is -2.40. The van der Waals surface area contributed by atoms with Crippen molar-refractivity contribution >= 4 is 17.4 Å². The fourth-order valence-corrected chi connectivity index (χ4v) is 4.33. The van der Waals surface area contributed by atoms with E-state index < -0.39 is 11.9 Å². The number of methoxy groups -OCH3 is 1. The predicted molar refractivity (Wildman–Crippen MR) is 109 cm³/mol. The summed E-state index contributed by atoms with van der Waals surface area (Å²) in [6.07, 6.45) is 1.52. The lowest BCUT2D eigenvalue weighted by molar-refractivity contribution is -0.141. The largest absolute Gasteiger partial charge is 0.433 e. The summed E-state index contributed by atoms with van der Waals surface area (Å²) in [7, 11) is 1.62. The van der Waals surface area contributed by atoms with E-state index in [0.717, 1.165) is 62.7 Å². The molecule has 0 amide bonds. The average Bonchev–Trinajstić information content (AvgIpc) is 3.49. The number of hydrogen-bond acceptors (Lipinski definition) is 8.